The Balaban J connectivity index is 2.79. The van der Waals surface area contributed by atoms with Crippen molar-refractivity contribution < 1.29 is 23.7 Å². The molecular formula is C16H24O5. The van der Waals surface area contributed by atoms with Crippen molar-refractivity contribution in [3.63, 3.8) is 0 Å². The van der Waals surface area contributed by atoms with Gasteiger partial charge >= 0.3 is 5.97 Å². The van der Waals surface area contributed by atoms with Gasteiger partial charge in [-0.05, 0) is 31.1 Å². The molecule has 0 aliphatic heterocycles. The van der Waals surface area contributed by atoms with Gasteiger partial charge in [-0.15, -0.1) is 0 Å². The van der Waals surface area contributed by atoms with Crippen molar-refractivity contribution in [1.82, 2.24) is 0 Å². The average Bonchev–Trinajstić information content (AvgIpc) is 2.50. The molecule has 0 heterocycles. The van der Waals surface area contributed by atoms with Gasteiger partial charge in [0.1, 0.15) is 6.10 Å². The van der Waals surface area contributed by atoms with Crippen molar-refractivity contribution in [2.24, 2.45) is 5.92 Å². The summed E-state index contributed by atoms with van der Waals surface area (Å²) < 4.78 is 20.8. The fourth-order valence-corrected chi connectivity index (χ4v) is 2.21. The molecule has 0 radical (unpaired) electrons. The molecular weight excluding hydrogens is 272 g/mol. The zero-order valence-electron chi connectivity index (χ0n) is 13.3. The summed E-state index contributed by atoms with van der Waals surface area (Å²) >= 11 is 0. The molecule has 1 rings (SSSR count). The van der Waals surface area contributed by atoms with Gasteiger partial charge in [-0.1, -0.05) is 6.08 Å². The van der Waals surface area contributed by atoms with Crippen LogP contribution in [-0.4, -0.2) is 39.5 Å². The molecule has 5 nitrogen and oxygen atoms in total. The molecule has 0 fully saturated rings. The van der Waals surface area contributed by atoms with Crippen LogP contribution in [0.4, 0.5) is 0 Å². The molecule has 0 aromatic carbocycles. The van der Waals surface area contributed by atoms with E-state index in [0.717, 1.165) is 11.1 Å². The van der Waals surface area contributed by atoms with Crippen LogP contribution in [0, 0.1) is 5.92 Å². The Labute approximate surface area is 126 Å². The highest BCUT2D eigenvalue weighted by atomic mass is 16.5. The monoisotopic (exact) mass is 296 g/mol. The molecule has 0 spiro atoms. The summed E-state index contributed by atoms with van der Waals surface area (Å²) in [7, 11) is 4.56. The van der Waals surface area contributed by atoms with Gasteiger partial charge < -0.3 is 18.9 Å². The fraction of sp³-hybridized carbons (Fsp3) is 0.562. The summed E-state index contributed by atoms with van der Waals surface area (Å²) in [6.45, 7) is 3.88. The van der Waals surface area contributed by atoms with Crippen LogP contribution in [0.2, 0.25) is 0 Å². The fourth-order valence-electron chi connectivity index (χ4n) is 2.21. The number of ether oxygens (including phenoxy) is 4. The average molecular weight is 296 g/mol. The largest absolute Gasteiger partial charge is 0.504 e. The maximum Gasteiger partial charge on any atom is 0.311 e. The molecule has 1 aliphatic rings. The van der Waals surface area contributed by atoms with E-state index >= 15 is 0 Å². The third-order valence-corrected chi connectivity index (χ3v) is 3.46. The SMILES string of the molecule is CO/C=C/C(C)=C\O[C@@H]1C[C@@H](C(=O)OC)[C@@H](OC)C=C1C. The minimum absolute atomic E-state index is 0.161. The van der Waals surface area contributed by atoms with Crippen LogP contribution in [0.1, 0.15) is 20.3 Å². The van der Waals surface area contributed by atoms with E-state index in [1.165, 1.54) is 7.11 Å². The predicted octanol–water partition coefficient (Wildman–Crippen LogP) is 2.59. The Bertz CT molecular complexity index is 436. The second-order valence-corrected chi connectivity index (χ2v) is 5.00. The number of carbonyl (C=O) groups excluding carboxylic acids is 1. The van der Waals surface area contributed by atoms with Gasteiger partial charge in [0.25, 0.3) is 0 Å². The number of esters is 1. The Morgan fingerprint density at radius 1 is 1.33 bits per heavy atom. The highest BCUT2D eigenvalue weighted by Gasteiger charge is 2.36. The first-order valence-electron chi connectivity index (χ1n) is 6.84. The van der Waals surface area contributed by atoms with E-state index in [2.05, 4.69) is 0 Å². The standard InChI is InChI=1S/C16H24O5/c1-11(6-7-18-3)10-21-14-9-13(16(17)20-5)15(19-4)8-12(14)2/h6-8,10,13-15H,9H2,1-5H3/b7-6+,11-10-/t13-,14-,15+/m1/s1. The topological polar surface area (TPSA) is 54.0 Å². The van der Waals surface area contributed by atoms with Gasteiger partial charge in [0, 0.05) is 13.5 Å². The first-order valence-corrected chi connectivity index (χ1v) is 6.84. The second kappa shape index (κ2) is 8.52. The molecule has 0 unspecified atom stereocenters. The lowest BCUT2D eigenvalue weighted by Gasteiger charge is -2.31. The molecule has 1 aliphatic carbocycles. The molecule has 21 heavy (non-hydrogen) atoms. The lowest BCUT2D eigenvalue weighted by molar-refractivity contribution is -0.151. The quantitative estimate of drug-likeness (QED) is 0.326. The smallest absolute Gasteiger partial charge is 0.311 e. The molecule has 0 bridgehead atoms. The van der Waals surface area contributed by atoms with Gasteiger partial charge in [-0.3, -0.25) is 4.79 Å². The van der Waals surface area contributed by atoms with E-state index in [-0.39, 0.29) is 24.1 Å². The minimum atomic E-state index is -0.350. The normalized spacial score (nSPS) is 26.4. The van der Waals surface area contributed by atoms with Crippen LogP contribution >= 0.6 is 0 Å². The summed E-state index contributed by atoms with van der Waals surface area (Å²) in [6.07, 6.45) is 7.07. The lowest BCUT2D eigenvalue weighted by Crippen LogP contribution is -2.37. The van der Waals surface area contributed by atoms with Gasteiger partial charge in [0.2, 0.25) is 0 Å². The highest BCUT2D eigenvalue weighted by Crippen LogP contribution is 2.29. The second-order valence-electron chi connectivity index (χ2n) is 5.00. The van der Waals surface area contributed by atoms with Crippen molar-refractivity contribution in [3.05, 3.63) is 35.8 Å². The zero-order valence-corrected chi connectivity index (χ0v) is 13.3. The summed E-state index contributed by atoms with van der Waals surface area (Å²) in [5.74, 6) is -0.629. The Hall–Kier alpha value is -1.75. The van der Waals surface area contributed by atoms with Gasteiger partial charge in [0.05, 0.1) is 38.8 Å². The number of methoxy groups -OCH3 is 3. The molecule has 118 valence electrons. The van der Waals surface area contributed by atoms with Gasteiger partial charge in [-0.2, -0.15) is 0 Å². The van der Waals surface area contributed by atoms with E-state index in [1.807, 2.05) is 19.9 Å². The van der Waals surface area contributed by atoms with Crippen LogP contribution < -0.4 is 0 Å². The zero-order chi connectivity index (χ0) is 15.8. The maximum atomic E-state index is 11.8. The first-order chi connectivity index (χ1) is 10.0. The van der Waals surface area contributed by atoms with Gasteiger partial charge in [0.15, 0.2) is 0 Å². The number of hydrogen-bond acceptors (Lipinski definition) is 5. The van der Waals surface area contributed by atoms with Crippen LogP contribution in [-0.2, 0) is 23.7 Å². The summed E-state index contributed by atoms with van der Waals surface area (Å²) in [6, 6.07) is 0. The van der Waals surface area contributed by atoms with Crippen molar-refractivity contribution in [3.8, 4) is 0 Å². The molecule has 0 aromatic rings. The van der Waals surface area contributed by atoms with Crippen LogP contribution in [0.15, 0.2) is 35.8 Å². The number of carbonyl (C=O) groups is 1. The first kappa shape index (κ1) is 17.3. The van der Waals surface area contributed by atoms with Crippen LogP contribution in [0.25, 0.3) is 0 Å². The lowest BCUT2D eigenvalue weighted by atomic mass is 9.85. The molecule has 0 aromatic heterocycles. The summed E-state index contributed by atoms with van der Waals surface area (Å²) in [5, 5.41) is 0. The third kappa shape index (κ3) is 4.93. The Kier molecular flexibility index (Phi) is 7.02. The Morgan fingerprint density at radius 3 is 2.62 bits per heavy atom. The van der Waals surface area contributed by atoms with E-state index in [1.54, 1.807) is 32.8 Å². The number of allylic oxidation sites excluding steroid dienone is 2. The van der Waals surface area contributed by atoms with E-state index in [0.29, 0.717) is 6.42 Å². The molecule has 0 saturated heterocycles. The van der Waals surface area contributed by atoms with E-state index in [4.69, 9.17) is 18.9 Å². The van der Waals surface area contributed by atoms with E-state index < -0.39 is 0 Å². The summed E-state index contributed by atoms with van der Waals surface area (Å²) in [4.78, 5) is 11.8. The number of hydrogen-bond donors (Lipinski definition) is 0. The van der Waals surface area contributed by atoms with Crippen molar-refractivity contribution >= 4 is 5.97 Å². The molecule has 0 saturated carbocycles. The van der Waals surface area contributed by atoms with Crippen LogP contribution in [0.3, 0.4) is 0 Å². The van der Waals surface area contributed by atoms with Crippen LogP contribution in [0.5, 0.6) is 0 Å². The third-order valence-electron chi connectivity index (χ3n) is 3.46. The van der Waals surface area contributed by atoms with Gasteiger partial charge in [-0.25, -0.2) is 0 Å². The van der Waals surface area contributed by atoms with Crippen molar-refractivity contribution in [2.75, 3.05) is 21.3 Å². The van der Waals surface area contributed by atoms with E-state index in [9.17, 15) is 4.79 Å². The predicted molar refractivity (Wildman–Crippen MR) is 79.5 cm³/mol. The van der Waals surface area contributed by atoms with Crippen molar-refractivity contribution in [1.29, 1.82) is 0 Å². The number of rotatable bonds is 6. The maximum absolute atomic E-state index is 11.8. The summed E-state index contributed by atoms with van der Waals surface area (Å²) in [5.41, 5.74) is 1.97. The molecule has 5 heteroatoms. The Morgan fingerprint density at radius 2 is 2.05 bits per heavy atom. The molecule has 3 atom stereocenters. The highest BCUT2D eigenvalue weighted by molar-refractivity contribution is 5.73. The van der Waals surface area contributed by atoms with Crippen molar-refractivity contribution in [2.45, 2.75) is 32.5 Å². The molecule has 0 N–H and O–H groups in total. The molecule has 0 amide bonds. The minimum Gasteiger partial charge on any atom is -0.504 e.